The molecule has 4 N–H and O–H groups in total. The monoisotopic (exact) mass is 420 g/mol. The predicted molar refractivity (Wildman–Crippen MR) is 125 cm³/mol. The van der Waals surface area contributed by atoms with Crippen molar-refractivity contribution in [3.63, 3.8) is 0 Å². The minimum atomic E-state index is -0.150. The van der Waals surface area contributed by atoms with Gasteiger partial charge in [0.25, 0.3) is 5.56 Å². The van der Waals surface area contributed by atoms with Crippen LogP contribution in [0.5, 0.6) is 0 Å². The summed E-state index contributed by atoms with van der Waals surface area (Å²) in [6.07, 6.45) is 3.93. The largest absolute Gasteiger partial charge is 0.378 e. The normalized spacial score (nSPS) is 19.4. The minimum absolute atomic E-state index is 0.150. The molecule has 0 radical (unpaired) electrons. The summed E-state index contributed by atoms with van der Waals surface area (Å²) in [4.78, 5) is 22.4. The zero-order valence-electron chi connectivity index (χ0n) is 17.5. The van der Waals surface area contributed by atoms with Crippen molar-refractivity contribution in [2.24, 2.45) is 0 Å². The standard InChI is InChI=1S/C23H28N6O2/c30-23-21-16(7-9-25-23)14-20(26-18-2-1-8-24-15-18)28-22(21)27-17-3-5-19(6-4-17)29-10-12-31-13-11-29/h3-7,9,14,18,24H,1-2,8,10-13,15H2,(H,25,30)(H2,26,27,28)/t18-/m1/s1. The van der Waals surface area contributed by atoms with Crippen LogP contribution >= 0.6 is 0 Å². The molecule has 4 heterocycles. The molecule has 1 aromatic carbocycles. The fourth-order valence-electron chi connectivity index (χ4n) is 4.28. The van der Waals surface area contributed by atoms with Gasteiger partial charge in [-0.15, -0.1) is 0 Å². The maximum absolute atomic E-state index is 12.6. The molecule has 0 unspecified atom stereocenters. The van der Waals surface area contributed by atoms with E-state index >= 15 is 0 Å². The number of ether oxygens (including phenoxy) is 1. The molecule has 0 aliphatic carbocycles. The fraction of sp³-hybridized carbons (Fsp3) is 0.391. The van der Waals surface area contributed by atoms with E-state index in [1.807, 2.05) is 24.3 Å². The summed E-state index contributed by atoms with van der Waals surface area (Å²) in [7, 11) is 0. The third kappa shape index (κ3) is 4.50. The van der Waals surface area contributed by atoms with E-state index < -0.39 is 0 Å². The summed E-state index contributed by atoms with van der Waals surface area (Å²) < 4.78 is 5.44. The van der Waals surface area contributed by atoms with Crippen LogP contribution in [0.1, 0.15) is 12.8 Å². The SMILES string of the molecule is O=c1[nH]ccc2cc(N[C@@H]3CCCNC3)nc(Nc3ccc(N4CCOCC4)cc3)c12. The van der Waals surface area contributed by atoms with Crippen molar-refractivity contribution in [1.29, 1.82) is 0 Å². The summed E-state index contributed by atoms with van der Waals surface area (Å²) in [5.41, 5.74) is 1.92. The Morgan fingerprint density at radius 2 is 1.97 bits per heavy atom. The van der Waals surface area contributed by atoms with E-state index in [4.69, 9.17) is 9.72 Å². The van der Waals surface area contributed by atoms with Gasteiger partial charge in [-0.05, 0) is 61.2 Å². The van der Waals surface area contributed by atoms with Crippen molar-refractivity contribution < 1.29 is 4.74 Å². The highest BCUT2D eigenvalue weighted by atomic mass is 16.5. The minimum Gasteiger partial charge on any atom is -0.378 e. The van der Waals surface area contributed by atoms with Crippen LogP contribution in [-0.2, 0) is 4.74 Å². The van der Waals surface area contributed by atoms with Crippen LogP contribution in [0.4, 0.5) is 23.0 Å². The van der Waals surface area contributed by atoms with Gasteiger partial charge in [0.1, 0.15) is 11.6 Å². The highest BCUT2D eigenvalue weighted by Crippen LogP contribution is 2.27. The van der Waals surface area contributed by atoms with Gasteiger partial charge < -0.3 is 30.6 Å². The number of pyridine rings is 2. The summed E-state index contributed by atoms with van der Waals surface area (Å²) in [6, 6.07) is 12.4. The lowest BCUT2D eigenvalue weighted by molar-refractivity contribution is 0.122. The van der Waals surface area contributed by atoms with E-state index in [0.717, 1.165) is 69.1 Å². The first-order valence-corrected chi connectivity index (χ1v) is 11.0. The molecule has 2 saturated heterocycles. The van der Waals surface area contributed by atoms with Crippen LogP contribution in [-0.4, -0.2) is 55.4 Å². The molecule has 8 nitrogen and oxygen atoms in total. The maximum atomic E-state index is 12.6. The second kappa shape index (κ2) is 8.95. The van der Waals surface area contributed by atoms with Crippen LogP contribution in [0, 0.1) is 0 Å². The second-order valence-corrected chi connectivity index (χ2v) is 8.09. The van der Waals surface area contributed by atoms with E-state index in [2.05, 4.69) is 38.0 Å². The molecule has 2 aliphatic heterocycles. The molecule has 162 valence electrons. The number of H-pyrrole nitrogens is 1. The Morgan fingerprint density at radius 1 is 1.13 bits per heavy atom. The number of benzene rings is 1. The quantitative estimate of drug-likeness (QED) is 0.504. The van der Waals surface area contributed by atoms with E-state index in [1.54, 1.807) is 6.20 Å². The zero-order valence-corrected chi connectivity index (χ0v) is 17.5. The number of fused-ring (bicyclic) bond motifs is 1. The number of hydrogen-bond donors (Lipinski definition) is 4. The lowest BCUT2D eigenvalue weighted by Gasteiger charge is -2.29. The second-order valence-electron chi connectivity index (χ2n) is 8.09. The first kappa shape index (κ1) is 19.8. The van der Waals surface area contributed by atoms with E-state index in [-0.39, 0.29) is 5.56 Å². The fourth-order valence-corrected chi connectivity index (χ4v) is 4.28. The van der Waals surface area contributed by atoms with Gasteiger partial charge in [0, 0.05) is 43.2 Å². The number of morpholine rings is 1. The number of piperidine rings is 1. The molecular weight excluding hydrogens is 392 g/mol. The van der Waals surface area contributed by atoms with Gasteiger partial charge in [0.15, 0.2) is 0 Å². The van der Waals surface area contributed by atoms with Crippen molar-refractivity contribution in [3.05, 3.63) is 52.9 Å². The predicted octanol–water partition coefficient (Wildman–Crippen LogP) is 2.67. The van der Waals surface area contributed by atoms with Gasteiger partial charge in [-0.2, -0.15) is 0 Å². The van der Waals surface area contributed by atoms with Crippen molar-refractivity contribution in [3.8, 4) is 0 Å². The maximum Gasteiger partial charge on any atom is 0.259 e. The van der Waals surface area contributed by atoms with E-state index in [1.165, 1.54) is 5.69 Å². The topological polar surface area (TPSA) is 94.3 Å². The number of anilines is 4. The molecule has 0 spiro atoms. The highest BCUT2D eigenvalue weighted by Gasteiger charge is 2.16. The molecule has 0 saturated carbocycles. The molecule has 3 aromatic rings. The third-order valence-electron chi connectivity index (χ3n) is 5.91. The summed E-state index contributed by atoms with van der Waals surface area (Å²) in [5.74, 6) is 1.34. The average molecular weight is 421 g/mol. The summed E-state index contributed by atoms with van der Waals surface area (Å²) in [5, 5.41) is 11.7. The first-order valence-electron chi connectivity index (χ1n) is 11.0. The van der Waals surface area contributed by atoms with Gasteiger partial charge in [-0.3, -0.25) is 4.79 Å². The highest BCUT2D eigenvalue weighted by molar-refractivity contribution is 5.94. The van der Waals surface area contributed by atoms with Gasteiger partial charge in [-0.25, -0.2) is 4.98 Å². The molecular formula is C23H28N6O2. The Labute approximate surface area is 181 Å². The van der Waals surface area contributed by atoms with Crippen LogP contribution in [0.25, 0.3) is 10.8 Å². The average Bonchev–Trinajstić information content (AvgIpc) is 2.81. The molecule has 0 bridgehead atoms. The molecule has 8 heteroatoms. The number of aromatic nitrogens is 2. The summed E-state index contributed by atoms with van der Waals surface area (Å²) >= 11 is 0. The Bertz CT molecular complexity index is 1090. The Morgan fingerprint density at radius 3 is 2.74 bits per heavy atom. The van der Waals surface area contributed by atoms with Crippen molar-refractivity contribution >= 4 is 33.8 Å². The molecule has 0 amide bonds. The van der Waals surface area contributed by atoms with E-state index in [0.29, 0.717) is 17.2 Å². The number of rotatable bonds is 5. The molecule has 2 aromatic heterocycles. The lowest BCUT2D eigenvalue weighted by Crippen LogP contribution is -2.38. The number of nitrogens with one attached hydrogen (secondary N) is 4. The van der Waals surface area contributed by atoms with Crippen molar-refractivity contribution in [2.75, 3.05) is 54.9 Å². The molecule has 2 aliphatic rings. The van der Waals surface area contributed by atoms with Crippen molar-refractivity contribution in [1.82, 2.24) is 15.3 Å². The molecule has 5 rings (SSSR count). The molecule has 31 heavy (non-hydrogen) atoms. The number of nitrogens with zero attached hydrogens (tertiary/aromatic N) is 2. The molecule has 2 fully saturated rings. The number of aromatic amines is 1. The Balaban J connectivity index is 1.42. The van der Waals surface area contributed by atoms with Gasteiger partial charge in [0.2, 0.25) is 0 Å². The van der Waals surface area contributed by atoms with Crippen LogP contribution < -0.4 is 26.4 Å². The van der Waals surface area contributed by atoms with Crippen LogP contribution in [0.3, 0.4) is 0 Å². The number of hydrogen-bond acceptors (Lipinski definition) is 7. The zero-order chi connectivity index (χ0) is 21.0. The third-order valence-corrected chi connectivity index (χ3v) is 5.91. The van der Waals surface area contributed by atoms with Gasteiger partial charge in [0.05, 0.1) is 18.6 Å². The Kier molecular flexibility index (Phi) is 5.73. The molecule has 1 atom stereocenters. The van der Waals surface area contributed by atoms with Crippen LogP contribution in [0.15, 0.2) is 47.4 Å². The Hall–Kier alpha value is -3.10. The van der Waals surface area contributed by atoms with Gasteiger partial charge >= 0.3 is 0 Å². The van der Waals surface area contributed by atoms with E-state index in [9.17, 15) is 4.79 Å². The van der Waals surface area contributed by atoms with Crippen molar-refractivity contribution in [2.45, 2.75) is 18.9 Å². The first-order chi connectivity index (χ1) is 15.3. The summed E-state index contributed by atoms with van der Waals surface area (Å²) in [6.45, 7) is 5.30. The lowest BCUT2D eigenvalue weighted by atomic mass is 10.1. The smallest absolute Gasteiger partial charge is 0.259 e. The van der Waals surface area contributed by atoms with Gasteiger partial charge in [-0.1, -0.05) is 0 Å². The van der Waals surface area contributed by atoms with Crippen LogP contribution in [0.2, 0.25) is 0 Å².